The average molecular weight is 1940 g/mol. The fraction of sp³-hybridized carbons (Fsp3) is 0.0806. The normalized spacial score (nSPS) is 11.2. The summed E-state index contributed by atoms with van der Waals surface area (Å²) in [5, 5.41) is 25.7. The molecule has 0 aliphatic rings. The molecule has 0 saturated carbocycles. The number of rotatable bonds is 0. The smallest absolute Gasteiger partial charge is 0.227 e. The third kappa shape index (κ3) is 19.0. The molecule has 0 N–H and O–H groups in total. The van der Waals surface area contributed by atoms with Crippen LogP contribution in [0.3, 0.4) is 0 Å². The van der Waals surface area contributed by atoms with Gasteiger partial charge in [-0.1, -0.05) is 211 Å². The van der Waals surface area contributed by atoms with E-state index in [1.165, 1.54) is 183 Å². The molecule has 16 aromatic heterocycles. The van der Waals surface area contributed by atoms with Crippen molar-refractivity contribution >= 4 is 287 Å². The predicted molar refractivity (Wildman–Crippen MR) is 611 cm³/mol. The molecule has 140 heavy (non-hydrogen) atoms. The van der Waals surface area contributed by atoms with Crippen molar-refractivity contribution in [2.75, 3.05) is 0 Å². The number of aryl methyl sites for hydroxylation is 10. The summed E-state index contributed by atoms with van der Waals surface area (Å²) in [5.41, 5.74) is 17.9. The van der Waals surface area contributed by atoms with Gasteiger partial charge in [-0.25, -0.2) is 29.9 Å². The third-order valence-corrected chi connectivity index (χ3v) is 33.1. The van der Waals surface area contributed by atoms with E-state index in [-0.39, 0.29) is 0 Å². The molecule has 0 radical (unpaired) electrons. The Bertz CT molecular complexity index is 8980. The molecule has 0 unspecified atom stereocenters. The van der Waals surface area contributed by atoms with E-state index in [0.29, 0.717) is 5.71 Å². The van der Waals surface area contributed by atoms with Gasteiger partial charge >= 0.3 is 0 Å². The maximum absolute atomic E-state index is 5.67. The first-order valence-electron chi connectivity index (χ1n) is 46.4. The Labute approximate surface area is 836 Å². The topological polar surface area (TPSA) is 117 Å². The summed E-state index contributed by atoms with van der Waals surface area (Å²) in [6, 6.07) is 123. The zero-order valence-electron chi connectivity index (χ0n) is 78.7. The highest BCUT2D eigenvalue weighted by atomic mass is 32.1. The lowest BCUT2D eigenvalue weighted by atomic mass is 10.1. The quantitative estimate of drug-likeness (QED) is 0.146. The van der Waals surface area contributed by atoms with Crippen LogP contribution in [0.2, 0.25) is 0 Å². The van der Waals surface area contributed by atoms with Gasteiger partial charge < -0.3 is 13.3 Å². The molecule has 0 aliphatic heterocycles. The van der Waals surface area contributed by atoms with Gasteiger partial charge in [0.1, 0.15) is 31.2 Å². The number of para-hydroxylation sites is 1. The minimum atomic E-state index is 0.716. The second kappa shape index (κ2) is 40.5. The number of hydrogen-bond donors (Lipinski definition) is 0. The minimum absolute atomic E-state index is 0.716. The molecule has 9 nitrogen and oxygen atoms in total. The van der Waals surface area contributed by atoms with Crippen LogP contribution in [0.1, 0.15) is 55.6 Å². The molecule has 0 fully saturated rings. The summed E-state index contributed by atoms with van der Waals surface area (Å²) in [7, 11) is 0. The van der Waals surface area contributed by atoms with Crippen molar-refractivity contribution in [1.29, 1.82) is 0 Å². The summed E-state index contributed by atoms with van der Waals surface area (Å²) < 4.78 is 32.0. The first-order chi connectivity index (χ1) is 68.5. The van der Waals surface area contributed by atoms with Gasteiger partial charge in [-0.3, -0.25) is 0 Å². The summed E-state index contributed by atoms with van der Waals surface area (Å²) in [4.78, 5) is 29.1. The average Bonchev–Trinajstić information content (AvgIpc) is 1.63. The van der Waals surface area contributed by atoms with Gasteiger partial charge in [-0.2, -0.15) is 0 Å². The molecule has 30 aromatic rings. The van der Waals surface area contributed by atoms with Gasteiger partial charge in [0, 0.05) is 197 Å². The molecule has 0 amide bonds. The van der Waals surface area contributed by atoms with Crippen LogP contribution in [-0.2, 0) is 0 Å². The van der Waals surface area contributed by atoms with E-state index in [1.54, 1.807) is 52.6 Å². The van der Waals surface area contributed by atoms with Crippen molar-refractivity contribution in [2.45, 2.75) is 69.2 Å². The van der Waals surface area contributed by atoms with E-state index in [4.69, 9.17) is 13.3 Å². The van der Waals surface area contributed by atoms with Gasteiger partial charge in [0.15, 0.2) is 0 Å². The Balaban J connectivity index is 0.0000000924. The molecule has 16 heteroatoms. The highest BCUT2D eigenvalue weighted by Crippen LogP contribution is 2.43. The maximum atomic E-state index is 5.67. The third-order valence-electron chi connectivity index (χ3n) is 24.9. The Morgan fingerprint density at radius 2 is 0.500 bits per heavy atom. The molecule has 0 bridgehead atoms. The Morgan fingerprint density at radius 3 is 1.11 bits per heavy atom. The summed E-state index contributed by atoms with van der Waals surface area (Å²) >= 11 is 12.8. The SMILES string of the molecule is Cc1ccc2c(c1)sc1ccccc12.Cc1ccc2c(c1)sc1ncccc12.Cc1ccc2oc3ncccc3c2c1.Cc1ccc2sc3ccccc3c2c1.Cc1ccc2sc3ncccc3c2c1.Cc1cccc2c1oc1ncccc12.Cc1cccc2c1sc1ccccc12.Cc1cccc2c1sc1ncccc12.Cc1cccc2oc3ncccc3c12.Cc1cccc2sc3ccccc3c12. The number of fused-ring (bicyclic) bond motifs is 30. The minimum Gasteiger partial charge on any atom is -0.438 e. The van der Waals surface area contributed by atoms with Crippen molar-refractivity contribution in [2.24, 2.45) is 0 Å². The fourth-order valence-electron chi connectivity index (χ4n) is 18.1. The van der Waals surface area contributed by atoms with Gasteiger partial charge in [-0.15, -0.1) is 79.4 Å². The second-order valence-electron chi connectivity index (χ2n) is 34.9. The molecule has 16 heterocycles. The van der Waals surface area contributed by atoms with Gasteiger partial charge in [0.25, 0.3) is 0 Å². The molecule has 30 rings (SSSR count). The zero-order valence-corrected chi connectivity index (χ0v) is 84.4. The lowest BCUT2D eigenvalue weighted by Gasteiger charge is -1.95. The summed E-state index contributed by atoms with van der Waals surface area (Å²) in [5.74, 6) is 0. The molecule has 0 aliphatic carbocycles. The first kappa shape index (κ1) is 91.3. The Morgan fingerprint density at radius 1 is 0.171 bits per heavy atom. The monoisotopic (exact) mass is 1940 g/mol. The number of benzene rings is 14. The van der Waals surface area contributed by atoms with E-state index in [1.807, 2.05) is 162 Å². The Hall–Kier alpha value is -15.1. The van der Waals surface area contributed by atoms with Crippen molar-refractivity contribution in [3.05, 3.63) is 445 Å². The highest BCUT2D eigenvalue weighted by molar-refractivity contribution is 7.28. The Kier molecular flexibility index (Phi) is 26.4. The van der Waals surface area contributed by atoms with Crippen molar-refractivity contribution in [1.82, 2.24) is 29.9 Å². The van der Waals surface area contributed by atoms with Crippen LogP contribution in [0, 0.1) is 69.2 Å². The number of furan rings is 3. The van der Waals surface area contributed by atoms with Crippen molar-refractivity contribution < 1.29 is 13.3 Å². The van der Waals surface area contributed by atoms with Crippen LogP contribution in [-0.4, -0.2) is 29.9 Å². The van der Waals surface area contributed by atoms with E-state index in [2.05, 4.69) is 353 Å². The molecule has 14 aromatic carbocycles. The number of aromatic nitrogens is 6. The zero-order chi connectivity index (χ0) is 95.4. The van der Waals surface area contributed by atoms with Crippen LogP contribution in [0.4, 0.5) is 0 Å². The number of pyridine rings is 6. The lowest BCUT2D eigenvalue weighted by Crippen LogP contribution is -1.73. The lowest BCUT2D eigenvalue weighted by molar-refractivity contribution is 0.651. The van der Waals surface area contributed by atoms with Crippen LogP contribution in [0.5, 0.6) is 0 Å². The van der Waals surface area contributed by atoms with Gasteiger partial charge in [-0.05, 0) is 266 Å². The second-order valence-corrected chi connectivity index (χ2v) is 42.3. The van der Waals surface area contributed by atoms with Crippen LogP contribution < -0.4 is 0 Å². The number of hydrogen-bond acceptors (Lipinski definition) is 16. The van der Waals surface area contributed by atoms with Crippen molar-refractivity contribution in [3.63, 3.8) is 0 Å². The summed E-state index contributed by atoms with van der Waals surface area (Å²) in [6.07, 6.45) is 10.8. The molecule has 0 saturated heterocycles. The molecule has 0 spiro atoms. The van der Waals surface area contributed by atoms with Crippen LogP contribution in [0.25, 0.3) is 208 Å². The predicted octanol–water partition coefficient (Wildman–Crippen LogP) is 38.6. The summed E-state index contributed by atoms with van der Waals surface area (Å²) in [6.45, 7) is 21.3. The van der Waals surface area contributed by atoms with Gasteiger partial charge in [0.05, 0.1) is 0 Å². The van der Waals surface area contributed by atoms with Crippen molar-refractivity contribution in [3.8, 4) is 0 Å². The molecule has 0 atom stereocenters. The highest BCUT2D eigenvalue weighted by Gasteiger charge is 2.16. The van der Waals surface area contributed by atoms with E-state index in [9.17, 15) is 0 Å². The van der Waals surface area contributed by atoms with E-state index < -0.39 is 0 Å². The fourth-order valence-corrected chi connectivity index (χ4v) is 26.0. The van der Waals surface area contributed by atoms with Gasteiger partial charge in [0.2, 0.25) is 17.1 Å². The van der Waals surface area contributed by atoms with Crippen LogP contribution >= 0.6 is 79.4 Å². The maximum Gasteiger partial charge on any atom is 0.227 e. The van der Waals surface area contributed by atoms with Crippen LogP contribution in [0.15, 0.2) is 402 Å². The van der Waals surface area contributed by atoms with E-state index in [0.717, 1.165) is 75.2 Å². The number of thiophene rings is 7. The largest absolute Gasteiger partial charge is 0.438 e. The van der Waals surface area contributed by atoms with E-state index >= 15 is 0 Å². The first-order valence-corrected chi connectivity index (χ1v) is 52.1. The molecular formula is C124H94N6O3S7. The molecular weight excluding hydrogens is 1850 g/mol. The standard InChI is InChI=1S/4C13H10S.3C12H9NO.3C12H9NS/c1-9-5-4-7-11-10-6-2-3-8-12(10)14-13(9)11;1-9-5-4-8-12-13(9)10-6-2-3-7-11(10)14-12;1-9-6-7-13-11(8-9)10-4-2-3-5-12(10)14-13;1-9-6-7-11-10-4-2-3-5-12(10)14-13(11)8-9;1-8-4-2-6-10-11(8)9-5-3-7-13-12(9)14-10;1-8-4-2-5-9-10-6-3-7-13-12(10)14-11(8)9;1-8-4-5-11-10(7-8)9-3-2-6-13-12(9)14-11;1-8-4-2-5-9-10-6-3-7-13-12(10)14-11(8)9;1-8-4-5-9-10-3-2-6-13-12(10)14-11(9)7-8;1-8-4-5-11-10(7-8)9-3-2-6-13-12(9)14-11/h4*2-8H,1H3;6*2-7H,1H3. The molecule has 680 valence electrons. The number of nitrogens with zero attached hydrogens (tertiary/aromatic N) is 6.